The molecule has 24 heavy (non-hydrogen) atoms. The Labute approximate surface area is 140 Å². The second-order valence-corrected chi connectivity index (χ2v) is 5.36. The Kier molecular flexibility index (Phi) is 6.31. The fourth-order valence-corrected chi connectivity index (χ4v) is 2.14. The lowest BCUT2D eigenvalue weighted by atomic mass is 10.1. The smallest absolute Gasteiger partial charge is 0.216 e. The third kappa shape index (κ3) is 4.79. The van der Waals surface area contributed by atoms with Crippen LogP contribution in [-0.2, 0) is 6.54 Å². The minimum absolute atomic E-state index is 0.135. The van der Waals surface area contributed by atoms with Crippen LogP contribution in [0, 0.1) is 19.7 Å². The van der Waals surface area contributed by atoms with E-state index >= 15 is 0 Å². The molecule has 0 spiro atoms. The van der Waals surface area contributed by atoms with E-state index in [2.05, 4.69) is 20.6 Å². The molecule has 0 aliphatic carbocycles. The third-order valence-corrected chi connectivity index (χ3v) is 3.52. The Balaban J connectivity index is 1.97. The lowest BCUT2D eigenvalue weighted by Gasteiger charge is -2.15. The van der Waals surface area contributed by atoms with Gasteiger partial charge in [-0.05, 0) is 26.8 Å². The number of aryl methyl sites for hydroxylation is 2. The van der Waals surface area contributed by atoms with Crippen LogP contribution in [0.5, 0.6) is 0 Å². The van der Waals surface area contributed by atoms with E-state index in [1.165, 1.54) is 6.07 Å². The van der Waals surface area contributed by atoms with E-state index in [0.29, 0.717) is 18.4 Å². The van der Waals surface area contributed by atoms with Crippen molar-refractivity contribution in [3.63, 3.8) is 0 Å². The third-order valence-electron chi connectivity index (χ3n) is 3.52. The second-order valence-electron chi connectivity index (χ2n) is 5.36. The predicted molar refractivity (Wildman–Crippen MR) is 90.2 cm³/mol. The van der Waals surface area contributed by atoms with Gasteiger partial charge in [-0.15, -0.1) is 0 Å². The number of nitrogens with one attached hydrogen (secondary N) is 2. The molecule has 0 amide bonds. The Bertz CT molecular complexity index is 680. The minimum atomic E-state index is -0.971. The van der Waals surface area contributed by atoms with Crippen molar-refractivity contribution in [2.45, 2.75) is 33.4 Å². The van der Waals surface area contributed by atoms with Crippen molar-refractivity contribution < 1.29 is 13.9 Å². The number of halogens is 1. The van der Waals surface area contributed by atoms with E-state index < -0.39 is 11.9 Å². The summed E-state index contributed by atoms with van der Waals surface area (Å²) in [5.41, 5.74) is 1.09. The molecular formula is C17H23FN4O2. The van der Waals surface area contributed by atoms with Crippen LogP contribution in [0.2, 0.25) is 0 Å². The van der Waals surface area contributed by atoms with E-state index in [0.717, 1.165) is 11.5 Å². The maximum absolute atomic E-state index is 13.7. The Morgan fingerprint density at radius 3 is 2.71 bits per heavy atom. The van der Waals surface area contributed by atoms with Gasteiger partial charge in [0.25, 0.3) is 0 Å². The number of hydrogen-bond acceptors (Lipinski definition) is 4. The SMILES string of the molecule is CCNC(=NCc1nc(C)c(C)o1)NCC(O)c1ccccc1F. The maximum Gasteiger partial charge on any atom is 0.216 e. The molecule has 6 nitrogen and oxygen atoms in total. The average Bonchev–Trinajstić information content (AvgIpc) is 2.88. The zero-order valence-electron chi connectivity index (χ0n) is 14.1. The number of aliphatic hydroxyl groups excluding tert-OH is 1. The van der Waals surface area contributed by atoms with Gasteiger partial charge in [-0.1, -0.05) is 18.2 Å². The summed E-state index contributed by atoms with van der Waals surface area (Å²) in [6.07, 6.45) is -0.971. The molecule has 2 aromatic rings. The number of oxazole rings is 1. The highest BCUT2D eigenvalue weighted by molar-refractivity contribution is 5.79. The second kappa shape index (κ2) is 8.44. The zero-order chi connectivity index (χ0) is 17.5. The lowest BCUT2D eigenvalue weighted by Crippen LogP contribution is -2.39. The molecule has 2 rings (SSSR count). The van der Waals surface area contributed by atoms with E-state index in [4.69, 9.17) is 4.42 Å². The molecule has 0 bridgehead atoms. The number of hydrogen-bond donors (Lipinski definition) is 3. The first-order valence-corrected chi connectivity index (χ1v) is 7.88. The quantitative estimate of drug-likeness (QED) is 0.557. The Morgan fingerprint density at radius 2 is 2.08 bits per heavy atom. The van der Waals surface area contributed by atoms with Crippen molar-refractivity contribution in [3.05, 3.63) is 53.0 Å². The number of aromatic nitrogens is 1. The van der Waals surface area contributed by atoms with Crippen LogP contribution in [0.1, 0.15) is 35.9 Å². The van der Waals surface area contributed by atoms with Crippen LogP contribution >= 0.6 is 0 Å². The van der Waals surface area contributed by atoms with Gasteiger partial charge in [-0.2, -0.15) is 0 Å². The molecule has 7 heteroatoms. The highest BCUT2D eigenvalue weighted by Gasteiger charge is 2.13. The van der Waals surface area contributed by atoms with Crippen LogP contribution in [-0.4, -0.2) is 29.1 Å². The van der Waals surface area contributed by atoms with Gasteiger partial charge in [0.1, 0.15) is 18.1 Å². The van der Waals surface area contributed by atoms with Crippen molar-refractivity contribution >= 4 is 5.96 Å². The van der Waals surface area contributed by atoms with Gasteiger partial charge in [0.15, 0.2) is 5.96 Å². The molecule has 0 radical (unpaired) electrons. The van der Waals surface area contributed by atoms with Crippen molar-refractivity contribution in [3.8, 4) is 0 Å². The molecule has 1 aromatic heterocycles. The maximum atomic E-state index is 13.7. The van der Waals surface area contributed by atoms with Crippen LogP contribution in [0.25, 0.3) is 0 Å². The summed E-state index contributed by atoms with van der Waals surface area (Å²) in [5, 5.41) is 16.2. The molecule has 0 saturated carbocycles. The summed E-state index contributed by atoms with van der Waals surface area (Å²) < 4.78 is 19.1. The summed E-state index contributed by atoms with van der Waals surface area (Å²) >= 11 is 0. The van der Waals surface area contributed by atoms with Crippen molar-refractivity contribution in [2.75, 3.05) is 13.1 Å². The normalized spacial score (nSPS) is 13.0. The molecule has 1 aromatic carbocycles. The van der Waals surface area contributed by atoms with Crippen LogP contribution in [0.4, 0.5) is 4.39 Å². The highest BCUT2D eigenvalue weighted by Crippen LogP contribution is 2.15. The van der Waals surface area contributed by atoms with Crippen LogP contribution in [0.15, 0.2) is 33.7 Å². The molecule has 3 N–H and O–H groups in total. The van der Waals surface area contributed by atoms with E-state index in [1.807, 2.05) is 20.8 Å². The summed E-state index contributed by atoms with van der Waals surface area (Å²) in [4.78, 5) is 8.63. The van der Waals surface area contributed by atoms with E-state index in [1.54, 1.807) is 18.2 Å². The molecular weight excluding hydrogens is 311 g/mol. The number of rotatable bonds is 6. The monoisotopic (exact) mass is 334 g/mol. The van der Waals surface area contributed by atoms with Gasteiger partial charge in [-0.25, -0.2) is 14.4 Å². The molecule has 0 fully saturated rings. The molecule has 1 heterocycles. The number of aliphatic imine (C=N–C) groups is 1. The summed E-state index contributed by atoms with van der Waals surface area (Å²) in [7, 11) is 0. The average molecular weight is 334 g/mol. The molecule has 1 atom stereocenters. The highest BCUT2D eigenvalue weighted by atomic mass is 19.1. The standard InChI is InChI=1S/C17H23FN4O2/c1-4-19-17(21-10-16-22-11(2)12(3)24-16)20-9-15(23)13-7-5-6-8-14(13)18/h5-8,15,23H,4,9-10H2,1-3H3,(H2,19,20,21). The fourth-order valence-electron chi connectivity index (χ4n) is 2.14. The molecule has 1 unspecified atom stereocenters. The molecule has 0 aliphatic heterocycles. The van der Waals surface area contributed by atoms with Gasteiger partial charge >= 0.3 is 0 Å². The largest absolute Gasteiger partial charge is 0.444 e. The predicted octanol–water partition coefficient (Wildman–Crippen LogP) is 2.22. The minimum Gasteiger partial charge on any atom is -0.444 e. The lowest BCUT2D eigenvalue weighted by molar-refractivity contribution is 0.176. The molecule has 130 valence electrons. The first-order valence-electron chi connectivity index (χ1n) is 7.88. The van der Waals surface area contributed by atoms with Crippen LogP contribution in [0.3, 0.4) is 0 Å². The number of benzene rings is 1. The fraction of sp³-hybridized carbons (Fsp3) is 0.412. The summed E-state index contributed by atoms with van der Waals surface area (Å²) in [6.45, 7) is 6.73. The van der Waals surface area contributed by atoms with Gasteiger partial charge in [0.05, 0.1) is 11.8 Å². The summed E-state index contributed by atoms with van der Waals surface area (Å²) in [6, 6.07) is 6.16. The van der Waals surface area contributed by atoms with E-state index in [-0.39, 0.29) is 18.7 Å². The van der Waals surface area contributed by atoms with Gasteiger partial charge in [-0.3, -0.25) is 0 Å². The Hall–Kier alpha value is -2.41. The number of aliphatic hydroxyl groups is 1. The van der Waals surface area contributed by atoms with Crippen LogP contribution < -0.4 is 10.6 Å². The zero-order valence-corrected chi connectivity index (χ0v) is 14.1. The van der Waals surface area contributed by atoms with Crippen molar-refractivity contribution in [1.82, 2.24) is 15.6 Å². The topological polar surface area (TPSA) is 82.7 Å². The number of guanidine groups is 1. The van der Waals surface area contributed by atoms with Crippen molar-refractivity contribution in [2.24, 2.45) is 4.99 Å². The number of nitrogens with zero attached hydrogens (tertiary/aromatic N) is 2. The Morgan fingerprint density at radius 1 is 1.33 bits per heavy atom. The van der Waals surface area contributed by atoms with E-state index in [9.17, 15) is 9.50 Å². The molecule has 0 aliphatic rings. The summed E-state index contributed by atoms with van der Waals surface area (Å²) in [5.74, 6) is 1.37. The van der Waals surface area contributed by atoms with Crippen molar-refractivity contribution in [1.29, 1.82) is 0 Å². The first-order chi connectivity index (χ1) is 11.5. The van der Waals surface area contributed by atoms with Gasteiger partial charge in [0, 0.05) is 18.7 Å². The molecule has 0 saturated heterocycles. The van der Waals surface area contributed by atoms with Gasteiger partial charge < -0.3 is 20.2 Å². The van der Waals surface area contributed by atoms with Gasteiger partial charge in [0.2, 0.25) is 5.89 Å². The first kappa shape index (κ1) is 17.9.